The highest BCUT2D eigenvalue weighted by Crippen LogP contribution is 2.25. The van der Waals surface area contributed by atoms with Gasteiger partial charge in [0, 0.05) is 11.6 Å². The lowest BCUT2D eigenvalue weighted by atomic mass is 9.88. The van der Waals surface area contributed by atoms with Gasteiger partial charge in [-0.15, -0.1) is 0 Å². The molecule has 1 aliphatic rings. The van der Waals surface area contributed by atoms with Crippen molar-refractivity contribution in [2.45, 2.75) is 57.5 Å². The first-order valence-electron chi connectivity index (χ1n) is 7.86. The molecule has 1 unspecified atom stereocenters. The first-order valence-corrected chi connectivity index (χ1v) is 8.65. The summed E-state index contributed by atoms with van der Waals surface area (Å²) in [5, 5.41) is 0. The number of rotatable bonds is 4. The van der Waals surface area contributed by atoms with Crippen molar-refractivity contribution in [3.63, 3.8) is 0 Å². The second-order valence-electron chi connectivity index (χ2n) is 6.61. The van der Waals surface area contributed by atoms with Crippen molar-refractivity contribution in [3.8, 4) is 0 Å². The summed E-state index contributed by atoms with van der Waals surface area (Å²) < 4.78 is 13.8. The average molecular weight is 357 g/mol. The molecule has 0 aliphatic carbocycles. The van der Waals surface area contributed by atoms with Gasteiger partial charge >= 0.3 is 0 Å². The number of nitrogens with zero attached hydrogens (tertiary/aromatic N) is 1. The van der Waals surface area contributed by atoms with Crippen molar-refractivity contribution in [1.82, 2.24) is 4.90 Å². The minimum absolute atomic E-state index is 0.0351. The summed E-state index contributed by atoms with van der Waals surface area (Å²) in [6, 6.07) is 5.21. The molecule has 0 saturated carbocycles. The van der Waals surface area contributed by atoms with E-state index in [-0.39, 0.29) is 17.4 Å². The monoisotopic (exact) mass is 356 g/mol. The van der Waals surface area contributed by atoms with Gasteiger partial charge in [0.2, 0.25) is 0 Å². The minimum Gasteiger partial charge on any atom is -0.326 e. The van der Waals surface area contributed by atoms with Crippen molar-refractivity contribution < 1.29 is 4.39 Å². The van der Waals surface area contributed by atoms with Crippen LogP contribution in [0.2, 0.25) is 0 Å². The number of benzene rings is 1. The van der Waals surface area contributed by atoms with E-state index in [0.717, 1.165) is 25.1 Å². The summed E-state index contributed by atoms with van der Waals surface area (Å²) in [6.45, 7) is 6.74. The summed E-state index contributed by atoms with van der Waals surface area (Å²) in [5.41, 5.74) is 7.55. The highest BCUT2D eigenvalue weighted by Gasteiger charge is 2.33. The van der Waals surface area contributed by atoms with Crippen LogP contribution in [0, 0.1) is 5.82 Å². The zero-order chi connectivity index (χ0) is 15.5. The molecular weight excluding hydrogens is 331 g/mol. The molecule has 1 heterocycles. The fourth-order valence-corrected chi connectivity index (χ4v) is 3.48. The van der Waals surface area contributed by atoms with E-state index in [9.17, 15) is 4.39 Å². The molecule has 1 aromatic carbocycles. The molecule has 1 fully saturated rings. The van der Waals surface area contributed by atoms with Crippen LogP contribution < -0.4 is 5.73 Å². The summed E-state index contributed by atoms with van der Waals surface area (Å²) in [6.07, 6.45) is 5.94. The van der Waals surface area contributed by atoms with Gasteiger partial charge in [-0.2, -0.15) is 0 Å². The van der Waals surface area contributed by atoms with Crippen molar-refractivity contribution in [1.29, 1.82) is 0 Å². The Balaban J connectivity index is 2.05. The van der Waals surface area contributed by atoms with Gasteiger partial charge in [-0.1, -0.05) is 18.9 Å². The van der Waals surface area contributed by atoms with Crippen LogP contribution in [0.5, 0.6) is 0 Å². The molecule has 0 spiro atoms. The third-order valence-electron chi connectivity index (χ3n) is 4.77. The molecule has 2 nitrogen and oxygen atoms in total. The summed E-state index contributed by atoms with van der Waals surface area (Å²) in [7, 11) is 0. The predicted molar refractivity (Wildman–Crippen MR) is 89.9 cm³/mol. The molecule has 21 heavy (non-hydrogen) atoms. The van der Waals surface area contributed by atoms with E-state index in [4.69, 9.17) is 5.73 Å². The fraction of sp³-hybridized carbons (Fsp3) is 0.647. The maximum absolute atomic E-state index is 13.3. The van der Waals surface area contributed by atoms with Crippen molar-refractivity contribution in [3.05, 3.63) is 34.1 Å². The van der Waals surface area contributed by atoms with Crippen molar-refractivity contribution in [2.24, 2.45) is 5.73 Å². The molecule has 0 bridgehead atoms. The van der Waals surface area contributed by atoms with Crippen LogP contribution in [0.25, 0.3) is 0 Å². The zero-order valence-corrected chi connectivity index (χ0v) is 14.6. The lowest BCUT2D eigenvalue weighted by Crippen LogP contribution is -2.57. The van der Waals surface area contributed by atoms with Crippen LogP contribution in [0.15, 0.2) is 22.7 Å². The number of likely N-dealkylation sites (tertiary alicyclic amines) is 1. The molecule has 2 rings (SSSR count). The Kier molecular flexibility index (Phi) is 5.81. The number of halogens is 2. The second-order valence-corrected chi connectivity index (χ2v) is 7.47. The van der Waals surface area contributed by atoms with E-state index in [2.05, 4.69) is 34.7 Å². The Bertz CT molecular complexity index is 468. The van der Waals surface area contributed by atoms with Gasteiger partial charge in [0.15, 0.2) is 0 Å². The highest BCUT2D eigenvalue weighted by molar-refractivity contribution is 9.10. The Morgan fingerprint density at radius 2 is 1.86 bits per heavy atom. The molecule has 4 heteroatoms. The molecule has 0 amide bonds. The first kappa shape index (κ1) is 16.9. The molecule has 0 radical (unpaired) electrons. The fourth-order valence-electron chi connectivity index (χ4n) is 3.05. The Labute approximate surface area is 136 Å². The normalized spacial score (nSPS) is 19.3. The van der Waals surface area contributed by atoms with Crippen molar-refractivity contribution >= 4 is 15.9 Å². The van der Waals surface area contributed by atoms with E-state index < -0.39 is 0 Å². The molecular formula is C17H26BrFN2. The third-order valence-corrected chi connectivity index (χ3v) is 5.38. The van der Waals surface area contributed by atoms with Gasteiger partial charge in [-0.05, 0) is 79.8 Å². The average Bonchev–Trinajstić information content (AvgIpc) is 2.72. The van der Waals surface area contributed by atoms with E-state index in [1.54, 1.807) is 0 Å². The Hall–Kier alpha value is -0.450. The first-order chi connectivity index (χ1) is 9.91. The number of hydrogen-bond acceptors (Lipinski definition) is 2. The topological polar surface area (TPSA) is 29.3 Å². The SMILES string of the molecule is CC(C)(C(N)Cc1ccc(F)c(Br)c1)N1CCCCCC1. The second kappa shape index (κ2) is 7.21. The van der Waals surface area contributed by atoms with Crippen LogP contribution >= 0.6 is 15.9 Å². The lowest BCUT2D eigenvalue weighted by Gasteiger charge is -2.42. The smallest absolute Gasteiger partial charge is 0.137 e. The Morgan fingerprint density at radius 1 is 1.24 bits per heavy atom. The maximum atomic E-state index is 13.3. The molecule has 2 N–H and O–H groups in total. The molecule has 1 aromatic rings. The lowest BCUT2D eigenvalue weighted by molar-refractivity contribution is 0.0979. The third kappa shape index (κ3) is 4.27. The standard InChI is InChI=1S/C17H26BrFN2/c1-17(2,21-9-5-3-4-6-10-21)16(20)12-13-7-8-15(19)14(18)11-13/h7-8,11,16H,3-6,9-10,12,20H2,1-2H3. The predicted octanol–water partition coefficient (Wildman–Crippen LogP) is 4.11. The van der Waals surface area contributed by atoms with Crippen LogP contribution in [0.4, 0.5) is 4.39 Å². The summed E-state index contributed by atoms with van der Waals surface area (Å²) in [5.74, 6) is -0.223. The highest BCUT2D eigenvalue weighted by atomic mass is 79.9. The van der Waals surface area contributed by atoms with Crippen molar-refractivity contribution in [2.75, 3.05) is 13.1 Å². The summed E-state index contributed by atoms with van der Waals surface area (Å²) >= 11 is 3.25. The molecule has 1 atom stereocenters. The maximum Gasteiger partial charge on any atom is 0.137 e. The zero-order valence-electron chi connectivity index (χ0n) is 13.0. The van der Waals surface area contributed by atoms with E-state index in [1.165, 1.54) is 31.7 Å². The molecule has 1 saturated heterocycles. The minimum atomic E-state index is -0.223. The Morgan fingerprint density at radius 3 is 2.43 bits per heavy atom. The quantitative estimate of drug-likeness (QED) is 0.879. The summed E-state index contributed by atoms with van der Waals surface area (Å²) in [4.78, 5) is 2.53. The number of nitrogens with two attached hydrogens (primary N) is 1. The van der Waals surface area contributed by atoms with Gasteiger partial charge in [-0.25, -0.2) is 4.39 Å². The van der Waals surface area contributed by atoms with Crippen LogP contribution in [0.1, 0.15) is 45.1 Å². The van der Waals surface area contributed by atoms with Crippen LogP contribution in [0.3, 0.4) is 0 Å². The van der Waals surface area contributed by atoms with Gasteiger partial charge < -0.3 is 5.73 Å². The molecule has 1 aliphatic heterocycles. The van der Waals surface area contributed by atoms with Gasteiger partial charge in [-0.3, -0.25) is 4.90 Å². The molecule has 118 valence electrons. The molecule has 0 aromatic heterocycles. The van der Waals surface area contributed by atoms with Gasteiger partial charge in [0.05, 0.1) is 4.47 Å². The van der Waals surface area contributed by atoms with Crippen LogP contribution in [-0.4, -0.2) is 29.6 Å². The number of hydrogen-bond donors (Lipinski definition) is 1. The van der Waals surface area contributed by atoms with Gasteiger partial charge in [0.1, 0.15) is 5.82 Å². The largest absolute Gasteiger partial charge is 0.326 e. The van der Waals surface area contributed by atoms with E-state index in [1.807, 2.05) is 12.1 Å². The van der Waals surface area contributed by atoms with E-state index >= 15 is 0 Å². The van der Waals surface area contributed by atoms with E-state index in [0.29, 0.717) is 4.47 Å². The van der Waals surface area contributed by atoms with Crippen LogP contribution in [-0.2, 0) is 6.42 Å². The van der Waals surface area contributed by atoms with Gasteiger partial charge in [0.25, 0.3) is 0 Å².